The van der Waals surface area contributed by atoms with Crippen molar-refractivity contribution in [1.82, 2.24) is 0 Å². The number of hydrogen-bond acceptors (Lipinski definition) is 4. The average molecular weight is 272 g/mol. The van der Waals surface area contributed by atoms with Gasteiger partial charge in [0, 0.05) is 0 Å². The number of thiophene rings is 1. The molecule has 19 heavy (non-hydrogen) atoms. The minimum atomic E-state index is -1.07. The first-order valence-corrected chi connectivity index (χ1v) is 6.07. The molecule has 0 unspecified atom stereocenters. The highest BCUT2D eigenvalue weighted by Gasteiger charge is 2.14. The predicted octanol–water partition coefficient (Wildman–Crippen LogP) is 2.57. The number of nitriles is 1. The number of carboxylic acid groups (broad SMARTS) is 1. The molecule has 1 aromatic carbocycles. The number of amides is 1. The molecule has 2 aromatic rings. The van der Waals surface area contributed by atoms with E-state index in [2.05, 4.69) is 5.32 Å². The molecule has 0 aliphatic rings. The van der Waals surface area contributed by atoms with E-state index in [1.54, 1.807) is 24.3 Å². The molecule has 6 heteroatoms. The topological polar surface area (TPSA) is 90.2 Å². The van der Waals surface area contributed by atoms with Crippen molar-refractivity contribution in [2.45, 2.75) is 0 Å². The molecule has 1 heterocycles. The third-order valence-electron chi connectivity index (χ3n) is 2.34. The highest BCUT2D eigenvalue weighted by atomic mass is 32.1. The number of carbonyl (C=O) groups is 2. The summed E-state index contributed by atoms with van der Waals surface area (Å²) >= 11 is 0.887. The zero-order valence-corrected chi connectivity index (χ0v) is 10.4. The lowest BCUT2D eigenvalue weighted by Crippen LogP contribution is -2.11. The molecule has 0 saturated carbocycles. The first kappa shape index (κ1) is 12.8. The van der Waals surface area contributed by atoms with E-state index in [-0.39, 0.29) is 9.75 Å². The van der Waals surface area contributed by atoms with Crippen LogP contribution in [-0.2, 0) is 0 Å². The fourth-order valence-corrected chi connectivity index (χ4v) is 2.19. The van der Waals surface area contributed by atoms with E-state index in [9.17, 15) is 9.59 Å². The Bertz CT molecular complexity index is 685. The summed E-state index contributed by atoms with van der Waals surface area (Å²) in [7, 11) is 0. The molecule has 0 aliphatic carbocycles. The first-order valence-electron chi connectivity index (χ1n) is 5.25. The number of para-hydroxylation sites is 1. The van der Waals surface area contributed by atoms with Gasteiger partial charge in [0.25, 0.3) is 5.91 Å². The van der Waals surface area contributed by atoms with Gasteiger partial charge in [0.15, 0.2) is 0 Å². The second-order valence-corrected chi connectivity index (χ2v) is 4.66. The molecule has 0 radical (unpaired) electrons. The van der Waals surface area contributed by atoms with Crippen molar-refractivity contribution < 1.29 is 14.7 Å². The third-order valence-corrected chi connectivity index (χ3v) is 3.41. The average Bonchev–Trinajstić information content (AvgIpc) is 2.89. The van der Waals surface area contributed by atoms with Gasteiger partial charge >= 0.3 is 5.97 Å². The maximum Gasteiger partial charge on any atom is 0.345 e. The van der Waals surface area contributed by atoms with E-state index < -0.39 is 11.9 Å². The van der Waals surface area contributed by atoms with E-state index in [0.29, 0.717) is 11.3 Å². The van der Waals surface area contributed by atoms with Crippen molar-refractivity contribution in [3.63, 3.8) is 0 Å². The Hall–Kier alpha value is -2.65. The van der Waals surface area contributed by atoms with E-state index in [4.69, 9.17) is 10.4 Å². The summed E-state index contributed by atoms with van der Waals surface area (Å²) in [4.78, 5) is 23.0. The Labute approximate surface area is 112 Å². The lowest BCUT2D eigenvalue weighted by atomic mass is 10.2. The first-order chi connectivity index (χ1) is 9.11. The molecule has 1 aromatic heterocycles. The van der Waals surface area contributed by atoms with Crippen LogP contribution in [0.4, 0.5) is 5.69 Å². The number of hydrogen-bond donors (Lipinski definition) is 2. The van der Waals surface area contributed by atoms with Crippen molar-refractivity contribution in [2.24, 2.45) is 0 Å². The summed E-state index contributed by atoms with van der Waals surface area (Å²) in [5.74, 6) is -1.50. The van der Waals surface area contributed by atoms with Gasteiger partial charge in [-0.2, -0.15) is 5.26 Å². The molecule has 0 aliphatic heterocycles. The van der Waals surface area contributed by atoms with Crippen molar-refractivity contribution in [1.29, 1.82) is 5.26 Å². The Morgan fingerprint density at radius 2 is 1.84 bits per heavy atom. The predicted molar refractivity (Wildman–Crippen MR) is 70.4 cm³/mol. The molecular formula is C13H8N2O3S. The molecular weight excluding hydrogens is 264 g/mol. The molecule has 0 spiro atoms. The summed E-state index contributed by atoms with van der Waals surface area (Å²) in [6.07, 6.45) is 0. The number of rotatable bonds is 3. The van der Waals surface area contributed by atoms with Crippen LogP contribution in [0.5, 0.6) is 0 Å². The molecule has 2 N–H and O–H groups in total. The van der Waals surface area contributed by atoms with Gasteiger partial charge in [-0.1, -0.05) is 12.1 Å². The summed E-state index contributed by atoms with van der Waals surface area (Å²) in [5.41, 5.74) is 0.756. The minimum Gasteiger partial charge on any atom is -0.477 e. The fraction of sp³-hybridized carbons (Fsp3) is 0. The molecule has 5 nitrogen and oxygen atoms in total. The number of benzene rings is 1. The maximum absolute atomic E-state index is 11.9. The van der Waals surface area contributed by atoms with E-state index in [1.165, 1.54) is 12.1 Å². The van der Waals surface area contributed by atoms with Gasteiger partial charge in [-0.05, 0) is 24.3 Å². The van der Waals surface area contributed by atoms with Crippen LogP contribution in [0.2, 0.25) is 0 Å². The van der Waals surface area contributed by atoms with Gasteiger partial charge < -0.3 is 10.4 Å². The standard InChI is InChI=1S/C13H8N2O3S/c14-7-8-3-1-2-4-9(8)15-12(16)10-5-6-11(19-10)13(17)18/h1-6H,(H,15,16)(H,17,18). The number of aromatic carboxylic acids is 1. The van der Waals surface area contributed by atoms with Crippen molar-refractivity contribution in [2.75, 3.05) is 5.32 Å². The van der Waals surface area contributed by atoms with Crippen LogP contribution in [0.1, 0.15) is 24.9 Å². The van der Waals surface area contributed by atoms with Gasteiger partial charge in [-0.3, -0.25) is 4.79 Å². The second kappa shape index (κ2) is 5.33. The third kappa shape index (κ3) is 2.78. The molecule has 0 bridgehead atoms. The molecule has 0 saturated heterocycles. The number of carbonyl (C=O) groups excluding carboxylic acids is 1. The van der Waals surface area contributed by atoms with Crippen LogP contribution in [-0.4, -0.2) is 17.0 Å². The monoisotopic (exact) mass is 272 g/mol. The summed E-state index contributed by atoms with van der Waals surface area (Å²) in [6.45, 7) is 0. The van der Waals surface area contributed by atoms with E-state index >= 15 is 0 Å². The zero-order valence-electron chi connectivity index (χ0n) is 9.58. The molecule has 1 amide bonds. The van der Waals surface area contributed by atoms with Crippen LogP contribution < -0.4 is 5.32 Å². The minimum absolute atomic E-state index is 0.0960. The van der Waals surface area contributed by atoms with E-state index in [1.807, 2.05) is 6.07 Å². The Morgan fingerprint density at radius 1 is 1.16 bits per heavy atom. The molecule has 0 fully saturated rings. The highest BCUT2D eigenvalue weighted by molar-refractivity contribution is 7.15. The molecule has 2 rings (SSSR count). The molecule has 94 valence electrons. The van der Waals surface area contributed by atoms with Gasteiger partial charge in [0.1, 0.15) is 10.9 Å². The van der Waals surface area contributed by atoms with Crippen LogP contribution in [0.3, 0.4) is 0 Å². The van der Waals surface area contributed by atoms with Gasteiger partial charge in [-0.15, -0.1) is 11.3 Å². The SMILES string of the molecule is N#Cc1ccccc1NC(=O)c1ccc(C(=O)O)s1. The zero-order chi connectivity index (χ0) is 13.8. The quantitative estimate of drug-likeness (QED) is 0.898. The van der Waals surface area contributed by atoms with Gasteiger partial charge in [0.05, 0.1) is 16.1 Å². The fourth-order valence-electron chi connectivity index (χ4n) is 1.45. The summed E-state index contributed by atoms with van der Waals surface area (Å²) < 4.78 is 0. The van der Waals surface area contributed by atoms with Crippen molar-refractivity contribution in [3.05, 3.63) is 51.7 Å². The van der Waals surface area contributed by atoms with Crippen LogP contribution in [0, 0.1) is 11.3 Å². The number of anilines is 1. The van der Waals surface area contributed by atoms with Crippen LogP contribution in [0.15, 0.2) is 36.4 Å². The van der Waals surface area contributed by atoms with Crippen LogP contribution >= 0.6 is 11.3 Å². The normalized spacial score (nSPS) is 9.63. The largest absolute Gasteiger partial charge is 0.477 e. The summed E-state index contributed by atoms with van der Waals surface area (Å²) in [6, 6.07) is 11.4. The maximum atomic E-state index is 11.9. The second-order valence-electron chi connectivity index (χ2n) is 3.58. The number of nitrogens with one attached hydrogen (secondary N) is 1. The number of nitrogens with zero attached hydrogens (tertiary/aromatic N) is 1. The van der Waals surface area contributed by atoms with Gasteiger partial charge in [-0.25, -0.2) is 4.79 Å². The van der Waals surface area contributed by atoms with Crippen LogP contribution in [0.25, 0.3) is 0 Å². The molecule has 0 atom stereocenters. The lowest BCUT2D eigenvalue weighted by Gasteiger charge is -2.04. The summed E-state index contributed by atoms with van der Waals surface area (Å²) in [5, 5.41) is 20.3. The Balaban J connectivity index is 2.21. The Kier molecular flexibility index (Phi) is 3.59. The lowest BCUT2D eigenvalue weighted by molar-refractivity contribution is 0.0702. The Morgan fingerprint density at radius 3 is 2.47 bits per heavy atom. The van der Waals surface area contributed by atoms with Crippen molar-refractivity contribution in [3.8, 4) is 6.07 Å². The smallest absolute Gasteiger partial charge is 0.345 e. The van der Waals surface area contributed by atoms with Crippen molar-refractivity contribution >= 4 is 28.9 Å². The van der Waals surface area contributed by atoms with E-state index in [0.717, 1.165) is 11.3 Å². The number of carboxylic acids is 1. The highest BCUT2D eigenvalue weighted by Crippen LogP contribution is 2.20. The van der Waals surface area contributed by atoms with Gasteiger partial charge in [0.2, 0.25) is 0 Å².